The maximum Gasteiger partial charge on any atom is 0.133 e. The molecule has 0 bridgehead atoms. The number of phenols is 1. The van der Waals surface area contributed by atoms with Crippen LogP contribution in [-0.4, -0.2) is 5.11 Å². The minimum atomic E-state index is 0.365. The zero-order valence-electron chi connectivity index (χ0n) is 11.1. The van der Waals surface area contributed by atoms with Gasteiger partial charge < -0.3 is 10.0 Å². The van der Waals surface area contributed by atoms with Crippen molar-refractivity contribution in [3.8, 4) is 5.75 Å². The van der Waals surface area contributed by atoms with Gasteiger partial charge in [0, 0.05) is 18.8 Å². The van der Waals surface area contributed by atoms with E-state index in [2.05, 4.69) is 52.0 Å². The van der Waals surface area contributed by atoms with Gasteiger partial charge in [0.25, 0.3) is 0 Å². The van der Waals surface area contributed by atoms with E-state index in [0.29, 0.717) is 5.75 Å². The van der Waals surface area contributed by atoms with Gasteiger partial charge in [-0.2, -0.15) is 0 Å². The highest BCUT2D eigenvalue weighted by Crippen LogP contribution is 2.38. The molecule has 0 unspecified atom stereocenters. The van der Waals surface area contributed by atoms with Crippen molar-refractivity contribution in [2.24, 2.45) is 0 Å². The summed E-state index contributed by atoms with van der Waals surface area (Å²) in [5, 5.41) is 10.00. The highest BCUT2D eigenvalue weighted by molar-refractivity contribution is 9.10. The van der Waals surface area contributed by atoms with E-state index in [-0.39, 0.29) is 0 Å². The Morgan fingerprint density at radius 3 is 2.47 bits per heavy atom. The number of benzene rings is 2. The number of hydrogen-bond acceptors (Lipinski definition) is 2. The van der Waals surface area contributed by atoms with Gasteiger partial charge in [-0.1, -0.05) is 17.7 Å². The lowest BCUT2D eigenvalue weighted by Gasteiger charge is -2.17. The number of fused-ring (bicyclic) bond motifs is 1. The highest BCUT2D eigenvalue weighted by Gasteiger charge is 2.23. The average Bonchev–Trinajstić information content (AvgIpc) is 2.81. The van der Waals surface area contributed by atoms with Crippen LogP contribution in [0.5, 0.6) is 5.75 Å². The number of rotatable bonds is 1. The highest BCUT2D eigenvalue weighted by atomic mass is 79.9. The number of phenolic OH excluding ortho intramolecular Hbond substituents is 1. The second kappa shape index (κ2) is 4.57. The molecule has 19 heavy (non-hydrogen) atoms. The first kappa shape index (κ1) is 12.5. The van der Waals surface area contributed by atoms with Gasteiger partial charge in [0.2, 0.25) is 0 Å². The van der Waals surface area contributed by atoms with Crippen LogP contribution in [0.3, 0.4) is 0 Å². The molecular weight excluding hydrogens is 302 g/mol. The van der Waals surface area contributed by atoms with E-state index in [4.69, 9.17) is 0 Å². The standard InChI is InChI=1S/C16H16BrNO/c1-10-3-5-13(6-4-10)18-8-12-7-15(17)16(19)11(2)14(12)9-18/h3-7,19H,8-9H2,1-2H3. The molecule has 1 aliphatic rings. The molecule has 3 heteroatoms. The van der Waals surface area contributed by atoms with Crippen molar-refractivity contribution in [3.63, 3.8) is 0 Å². The van der Waals surface area contributed by atoms with Gasteiger partial charge in [-0.25, -0.2) is 0 Å². The molecule has 0 aliphatic carbocycles. The second-order valence-electron chi connectivity index (χ2n) is 5.16. The molecule has 98 valence electrons. The predicted octanol–water partition coefficient (Wildman–Crippen LogP) is 4.29. The maximum atomic E-state index is 10.00. The van der Waals surface area contributed by atoms with Crippen molar-refractivity contribution in [2.75, 3.05) is 4.90 Å². The summed E-state index contributed by atoms with van der Waals surface area (Å²) in [6.45, 7) is 5.85. The van der Waals surface area contributed by atoms with Gasteiger partial charge in [0.1, 0.15) is 5.75 Å². The van der Waals surface area contributed by atoms with E-state index in [1.807, 2.05) is 13.0 Å². The van der Waals surface area contributed by atoms with Gasteiger partial charge in [0.15, 0.2) is 0 Å². The molecule has 2 aromatic carbocycles. The fourth-order valence-corrected chi connectivity index (χ4v) is 3.20. The molecule has 3 rings (SSSR count). The molecule has 0 aromatic heterocycles. The van der Waals surface area contributed by atoms with Crippen molar-refractivity contribution >= 4 is 21.6 Å². The van der Waals surface area contributed by atoms with Crippen LogP contribution in [0.1, 0.15) is 22.3 Å². The molecule has 0 saturated heterocycles. The van der Waals surface area contributed by atoms with Crippen molar-refractivity contribution in [1.82, 2.24) is 0 Å². The lowest BCUT2D eigenvalue weighted by atomic mass is 10.0. The van der Waals surface area contributed by atoms with E-state index >= 15 is 0 Å². The van der Waals surface area contributed by atoms with Gasteiger partial charge in [0.05, 0.1) is 4.47 Å². The van der Waals surface area contributed by atoms with Gasteiger partial charge in [-0.05, 0) is 64.7 Å². The molecule has 0 amide bonds. The van der Waals surface area contributed by atoms with Crippen LogP contribution in [0.4, 0.5) is 5.69 Å². The fourth-order valence-electron chi connectivity index (χ4n) is 2.62. The number of aromatic hydroxyl groups is 1. The van der Waals surface area contributed by atoms with Crippen molar-refractivity contribution in [1.29, 1.82) is 0 Å². The molecule has 0 fully saturated rings. The Morgan fingerprint density at radius 1 is 1.11 bits per heavy atom. The van der Waals surface area contributed by atoms with Crippen LogP contribution in [0.2, 0.25) is 0 Å². The van der Waals surface area contributed by atoms with Crippen molar-refractivity contribution in [2.45, 2.75) is 26.9 Å². The zero-order valence-corrected chi connectivity index (χ0v) is 12.7. The minimum Gasteiger partial charge on any atom is -0.506 e. The Bertz CT molecular complexity index is 634. The summed E-state index contributed by atoms with van der Waals surface area (Å²) in [7, 11) is 0. The first-order chi connectivity index (χ1) is 9.06. The van der Waals surface area contributed by atoms with Crippen LogP contribution >= 0.6 is 15.9 Å². The van der Waals surface area contributed by atoms with E-state index < -0.39 is 0 Å². The molecule has 1 N–H and O–H groups in total. The molecule has 0 atom stereocenters. The Labute approximate surface area is 121 Å². The third kappa shape index (κ3) is 2.12. The Balaban J connectivity index is 1.96. The second-order valence-corrected chi connectivity index (χ2v) is 6.02. The van der Waals surface area contributed by atoms with Crippen LogP contribution in [-0.2, 0) is 13.1 Å². The SMILES string of the molecule is Cc1ccc(N2Cc3cc(Br)c(O)c(C)c3C2)cc1. The number of halogens is 1. The average molecular weight is 318 g/mol. The van der Waals surface area contributed by atoms with Gasteiger partial charge in [-0.15, -0.1) is 0 Å². The molecule has 1 aliphatic heterocycles. The summed E-state index contributed by atoms with van der Waals surface area (Å²) in [5.74, 6) is 0.365. The van der Waals surface area contributed by atoms with E-state index in [1.54, 1.807) is 0 Å². The Morgan fingerprint density at radius 2 is 1.79 bits per heavy atom. The monoisotopic (exact) mass is 317 g/mol. The smallest absolute Gasteiger partial charge is 0.133 e. The molecule has 0 radical (unpaired) electrons. The Kier molecular flexibility index (Phi) is 3.02. The number of nitrogens with zero attached hydrogens (tertiary/aromatic N) is 1. The molecule has 2 nitrogen and oxygen atoms in total. The summed E-state index contributed by atoms with van der Waals surface area (Å²) in [5.41, 5.74) is 6.04. The van der Waals surface area contributed by atoms with E-state index in [0.717, 1.165) is 23.1 Å². The normalized spacial score (nSPS) is 13.7. The van der Waals surface area contributed by atoms with E-state index in [9.17, 15) is 5.11 Å². The molecular formula is C16H16BrNO. The summed E-state index contributed by atoms with van der Waals surface area (Å²) in [4.78, 5) is 2.34. The quantitative estimate of drug-likeness (QED) is 0.848. The zero-order chi connectivity index (χ0) is 13.6. The maximum absolute atomic E-state index is 10.00. The predicted molar refractivity (Wildman–Crippen MR) is 81.6 cm³/mol. The first-order valence-corrected chi connectivity index (χ1v) is 7.17. The van der Waals surface area contributed by atoms with Crippen molar-refractivity contribution < 1.29 is 5.11 Å². The molecule has 1 heterocycles. The first-order valence-electron chi connectivity index (χ1n) is 6.37. The minimum absolute atomic E-state index is 0.365. The topological polar surface area (TPSA) is 23.5 Å². The summed E-state index contributed by atoms with van der Waals surface area (Å²) >= 11 is 3.42. The van der Waals surface area contributed by atoms with Gasteiger partial charge >= 0.3 is 0 Å². The molecule has 2 aromatic rings. The van der Waals surface area contributed by atoms with Gasteiger partial charge in [-0.3, -0.25) is 0 Å². The summed E-state index contributed by atoms with van der Waals surface area (Å²) in [6, 6.07) is 10.6. The lowest BCUT2D eigenvalue weighted by molar-refractivity contribution is 0.467. The van der Waals surface area contributed by atoms with Crippen LogP contribution in [0, 0.1) is 13.8 Å². The lowest BCUT2D eigenvalue weighted by Crippen LogP contribution is -2.14. The molecule has 0 saturated carbocycles. The van der Waals surface area contributed by atoms with Crippen molar-refractivity contribution in [3.05, 3.63) is 57.1 Å². The van der Waals surface area contributed by atoms with Crippen LogP contribution in [0.25, 0.3) is 0 Å². The number of anilines is 1. The van der Waals surface area contributed by atoms with Crippen LogP contribution < -0.4 is 4.90 Å². The van der Waals surface area contributed by atoms with E-state index in [1.165, 1.54) is 22.4 Å². The molecule has 0 spiro atoms. The summed E-state index contributed by atoms with van der Waals surface area (Å²) < 4.78 is 0.787. The number of hydrogen-bond donors (Lipinski definition) is 1. The largest absolute Gasteiger partial charge is 0.506 e. The third-order valence-corrected chi connectivity index (χ3v) is 4.44. The van der Waals surface area contributed by atoms with Crippen LogP contribution in [0.15, 0.2) is 34.8 Å². The number of aryl methyl sites for hydroxylation is 1. The summed E-state index contributed by atoms with van der Waals surface area (Å²) in [6.07, 6.45) is 0. The fraction of sp³-hybridized carbons (Fsp3) is 0.250. The Hall–Kier alpha value is -1.48. The third-order valence-electron chi connectivity index (χ3n) is 3.83.